The molecule has 2 fully saturated rings. The highest BCUT2D eigenvalue weighted by Crippen LogP contribution is 2.45. The van der Waals surface area contributed by atoms with Gasteiger partial charge in [-0.15, -0.1) is 0 Å². The van der Waals surface area contributed by atoms with Crippen molar-refractivity contribution in [2.24, 2.45) is 5.73 Å². The molecule has 1 aliphatic carbocycles. The van der Waals surface area contributed by atoms with Crippen molar-refractivity contribution in [3.63, 3.8) is 0 Å². The van der Waals surface area contributed by atoms with Crippen LogP contribution in [-0.4, -0.2) is 47.0 Å². The monoisotopic (exact) mass is 402 g/mol. The molecule has 3 aliphatic rings. The van der Waals surface area contributed by atoms with Crippen molar-refractivity contribution >= 4 is 5.95 Å². The number of anilines is 1. The molecule has 3 heterocycles. The molecule has 5 rings (SSSR count). The number of hydrogen-bond acceptors (Lipinski definition) is 6. The zero-order valence-electron chi connectivity index (χ0n) is 16.2. The number of aromatic nitrogens is 2. The van der Waals surface area contributed by atoms with Gasteiger partial charge < -0.3 is 20.5 Å². The number of ether oxygens (including phenoxy) is 1. The van der Waals surface area contributed by atoms with Gasteiger partial charge in [0.15, 0.2) is 0 Å². The van der Waals surface area contributed by atoms with Gasteiger partial charge in [-0.25, -0.2) is 9.97 Å². The summed E-state index contributed by atoms with van der Waals surface area (Å²) in [5.41, 5.74) is 8.52. The third kappa shape index (κ3) is 2.93. The van der Waals surface area contributed by atoms with Crippen LogP contribution in [0.5, 0.6) is 0 Å². The average molecular weight is 402 g/mol. The van der Waals surface area contributed by atoms with E-state index < -0.39 is 17.6 Å². The first-order valence-electron chi connectivity index (χ1n) is 10.00. The van der Waals surface area contributed by atoms with Gasteiger partial charge in [0.25, 0.3) is 5.92 Å². The van der Waals surface area contributed by atoms with Gasteiger partial charge in [-0.1, -0.05) is 24.3 Å². The zero-order valence-corrected chi connectivity index (χ0v) is 16.2. The lowest BCUT2D eigenvalue weighted by molar-refractivity contribution is -0.00603. The summed E-state index contributed by atoms with van der Waals surface area (Å²) in [6.07, 6.45) is 0.241. The van der Waals surface area contributed by atoms with Gasteiger partial charge in [0, 0.05) is 30.7 Å². The fourth-order valence-corrected chi connectivity index (χ4v) is 4.40. The summed E-state index contributed by atoms with van der Waals surface area (Å²) in [7, 11) is 0. The second-order valence-corrected chi connectivity index (χ2v) is 8.40. The number of aliphatic hydroxyl groups excluding tert-OH is 1. The van der Waals surface area contributed by atoms with Crippen molar-refractivity contribution in [1.82, 2.24) is 9.97 Å². The Morgan fingerprint density at radius 1 is 1.21 bits per heavy atom. The molecule has 3 atom stereocenters. The predicted octanol–water partition coefficient (Wildman–Crippen LogP) is 2.33. The van der Waals surface area contributed by atoms with Gasteiger partial charge in [0.05, 0.1) is 30.0 Å². The highest BCUT2D eigenvalue weighted by atomic mass is 19.3. The smallest absolute Gasteiger partial charge is 0.290 e. The second-order valence-electron chi connectivity index (χ2n) is 8.40. The number of β-amino-alcohol motifs (C(OH)–C–C–N with tert-alkyl or cyclic N) is 1. The van der Waals surface area contributed by atoms with Crippen molar-refractivity contribution in [3.05, 3.63) is 41.1 Å². The Kier molecular flexibility index (Phi) is 4.17. The maximum absolute atomic E-state index is 14.5. The van der Waals surface area contributed by atoms with Crippen LogP contribution in [-0.2, 0) is 22.6 Å². The molecule has 2 aliphatic heterocycles. The number of nitrogens with zero attached hydrogens (tertiary/aromatic N) is 3. The van der Waals surface area contributed by atoms with E-state index in [-0.39, 0.29) is 30.5 Å². The first kappa shape index (κ1) is 18.8. The minimum Gasteiger partial charge on any atom is -0.389 e. The molecule has 2 saturated heterocycles. The van der Waals surface area contributed by atoms with Gasteiger partial charge in [-0.2, -0.15) is 8.78 Å². The van der Waals surface area contributed by atoms with E-state index in [9.17, 15) is 13.9 Å². The van der Waals surface area contributed by atoms with E-state index >= 15 is 0 Å². The second kappa shape index (κ2) is 6.42. The van der Waals surface area contributed by atoms with Crippen LogP contribution in [0, 0.1) is 0 Å². The largest absolute Gasteiger partial charge is 0.389 e. The van der Waals surface area contributed by atoms with E-state index in [1.165, 1.54) is 0 Å². The topological polar surface area (TPSA) is 84.5 Å². The van der Waals surface area contributed by atoms with E-state index in [2.05, 4.69) is 9.97 Å². The molecule has 6 nitrogen and oxygen atoms in total. The summed E-state index contributed by atoms with van der Waals surface area (Å²) >= 11 is 0. The number of rotatable bonds is 3. The summed E-state index contributed by atoms with van der Waals surface area (Å²) < 4.78 is 34.4. The lowest BCUT2D eigenvalue weighted by Crippen LogP contribution is -2.59. The lowest BCUT2D eigenvalue weighted by Gasteiger charge is -2.43. The van der Waals surface area contributed by atoms with Crippen LogP contribution in [0.3, 0.4) is 0 Å². The molecule has 0 saturated carbocycles. The van der Waals surface area contributed by atoms with Gasteiger partial charge in [0.2, 0.25) is 5.95 Å². The van der Waals surface area contributed by atoms with Crippen molar-refractivity contribution < 1.29 is 18.6 Å². The minimum absolute atomic E-state index is 0.186. The average Bonchev–Trinajstić information content (AvgIpc) is 3.29. The molecule has 0 spiro atoms. The Morgan fingerprint density at radius 2 is 1.97 bits per heavy atom. The molecule has 1 aromatic carbocycles. The summed E-state index contributed by atoms with van der Waals surface area (Å²) in [6.45, 7) is 3.29. The van der Waals surface area contributed by atoms with Crippen LogP contribution in [0.15, 0.2) is 24.3 Å². The lowest BCUT2D eigenvalue weighted by atomic mass is 9.89. The fraction of sp³-hybridized carbons (Fsp3) is 0.524. The molecule has 0 bridgehead atoms. The summed E-state index contributed by atoms with van der Waals surface area (Å²) in [5.74, 6) is -2.71. The molecule has 2 aromatic rings. The van der Waals surface area contributed by atoms with Gasteiger partial charge in [0.1, 0.15) is 5.69 Å². The number of aliphatic hydroxyl groups is 1. The fourth-order valence-electron chi connectivity index (χ4n) is 4.40. The third-order valence-electron chi connectivity index (χ3n) is 6.51. The number of hydrogen-bond donors (Lipinski definition) is 2. The van der Waals surface area contributed by atoms with Gasteiger partial charge in [-0.3, -0.25) is 0 Å². The third-order valence-corrected chi connectivity index (χ3v) is 6.51. The van der Waals surface area contributed by atoms with E-state index in [0.29, 0.717) is 31.0 Å². The van der Waals surface area contributed by atoms with Crippen molar-refractivity contribution in [2.75, 3.05) is 24.7 Å². The summed E-state index contributed by atoms with van der Waals surface area (Å²) in [6, 6.07) is 7.44. The molecule has 154 valence electrons. The highest BCUT2D eigenvalue weighted by Gasteiger charge is 2.45. The predicted molar refractivity (Wildman–Crippen MR) is 104 cm³/mol. The van der Waals surface area contributed by atoms with E-state index in [1.54, 1.807) is 4.90 Å². The Morgan fingerprint density at radius 3 is 2.59 bits per heavy atom. The van der Waals surface area contributed by atoms with Gasteiger partial charge in [-0.05, 0) is 25.3 Å². The molecule has 1 aromatic heterocycles. The first-order valence-corrected chi connectivity index (χ1v) is 10.00. The number of benzene rings is 1. The number of nitrogens with two attached hydrogens (primary N) is 1. The van der Waals surface area contributed by atoms with Crippen LogP contribution in [0.25, 0.3) is 11.3 Å². The van der Waals surface area contributed by atoms with Crippen LogP contribution >= 0.6 is 0 Å². The molecular formula is C21H24F2N4O2. The van der Waals surface area contributed by atoms with Crippen LogP contribution in [0.4, 0.5) is 14.7 Å². The quantitative estimate of drug-likeness (QED) is 0.820. The Labute approximate surface area is 167 Å². The van der Waals surface area contributed by atoms with Crippen LogP contribution in [0.2, 0.25) is 0 Å². The van der Waals surface area contributed by atoms with Crippen LogP contribution < -0.4 is 10.6 Å². The molecular weight excluding hydrogens is 378 g/mol. The van der Waals surface area contributed by atoms with Gasteiger partial charge >= 0.3 is 0 Å². The molecule has 3 N–H and O–H groups in total. The molecule has 0 amide bonds. The van der Waals surface area contributed by atoms with E-state index in [4.69, 9.17) is 10.5 Å². The number of fused-ring (bicyclic) bond motifs is 1. The van der Waals surface area contributed by atoms with E-state index in [0.717, 1.165) is 17.5 Å². The first-order chi connectivity index (χ1) is 13.8. The van der Waals surface area contributed by atoms with Crippen molar-refractivity contribution in [1.29, 1.82) is 0 Å². The molecule has 0 radical (unpaired) electrons. The Hall–Kier alpha value is -2.16. The van der Waals surface area contributed by atoms with E-state index in [1.807, 2.05) is 31.2 Å². The number of halogens is 2. The highest BCUT2D eigenvalue weighted by molar-refractivity contribution is 5.68. The van der Waals surface area contributed by atoms with Crippen LogP contribution in [0.1, 0.15) is 36.6 Å². The maximum atomic E-state index is 14.5. The number of alkyl halides is 2. The van der Waals surface area contributed by atoms with Crippen molar-refractivity contribution in [3.8, 4) is 11.3 Å². The molecule has 29 heavy (non-hydrogen) atoms. The Balaban J connectivity index is 1.57. The molecule has 8 heteroatoms. The SMILES string of the molecule is C[C@H]1[C@H](O)CN1c1nc(-c2ccc([C@@]3(N)CCOC3)cc2)c2c(n1)C(F)(F)CC2. The standard InChI is InChI=1S/C21H24F2N4O2/c1-12-16(28)10-27(12)19-25-17(15-6-7-21(22,23)18(15)26-19)13-2-4-14(5-3-13)20(24)8-9-29-11-20/h2-5,12,16,28H,6-11,24H2,1H3/t12-,16+,20+/m0/s1. The van der Waals surface area contributed by atoms with Crippen molar-refractivity contribution in [2.45, 2.75) is 49.8 Å². The maximum Gasteiger partial charge on any atom is 0.290 e. The Bertz CT molecular complexity index is 944. The minimum atomic E-state index is -2.96. The zero-order chi connectivity index (χ0) is 20.4. The summed E-state index contributed by atoms with van der Waals surface area (Å²) in [5, 5.41) is 9.82. The summed E-state index contributed by atoms with van der Waals surface area (Å²) in [4.78, 5) is 10.6. The molecule has 0 unspecified atom stereocenters. The normalized spacial score (nSPS) is 30.3.